The lowest BCUT2D eigenvalue weighted by Gasteiger charge is -2.15. The van der Waals surface area contributed by atoms with Crippen LogP contribution >= 0.6 is 0 Å². The third kappa shape index (κ3) is 68.0. The Hall–Kier alpha value is -2.40. The van der Waals surface area contributed by atoms with Crippen LogP contribution in [0.1, 0.15) is 380 Å². The van der Waals surface area contributed by atoms with Crippen LogP contribution in [0.4, 0.5) is 0 Å². The molecule has 0 amide bonds. The standard InChI is InChI=1S/C74H136O5/c1-3-5-7-9-11-13-15-17-19-21-23-25-27-29-31-33-35-37-39-41-43-45-47-49-51-53-55-57-59-61-63-65-67-69-74(77)79-72(70-75)71-78-73(76)68-66-64-62-60-58-56-54-52-50-48-46-44-42-40-38-36-34-32-30-28-26-24-22-20-18-16-14-12-10-8-6-4-2/h5,7,11,13,17,19,23,25,29,31,72,75H,3-4,6,8-10,12,14-16,18,20-22,24,26-28,30,32-71H2,1-2H3/b7-5-,13-11-,19-17-,25-23-,31-29-. The highest BCUT2D eigenvalue weighted by Gasteiger charge is 2.16. The number of hydrogen-bond acceptors (Lipinski definition) is 5. The molecule has 1 unspecified atom stereocenters. The number of carbonyl (C=O) groups excluding carboxylic acids is 2. The number of hydrogen-bond donors (Lipinski definition) is 1. The van der Waals surface area contributed by atoms with Crippen molar-refractivity contribution in [3.05, 3.63) is 60.8 Å². The summed E-state index contributed by atoms with van der Waals surface area (Å²) in [7, 11) is 0. The van der Waals surface area contributed by atoms with Crippen molar-refractivity contribution in [3.63, 3.8) is 0 Å². The Labute approximate surface area is 493 Å². The van der Waals surface area contributed by atoms with E-state index in [1.165, 1.54) is 289 Å². The summed E-state index contributed by atoms with van der Waals surface area (Å²) in [5.41, 5.74) is 0. The van der Waals surface area contributed by atoms with Crippen molar-refractivity contribution in [1.82, 2.24) is 0 Å². The Balaban J connectivity index is 3.40. The van der Waals surface area contributed by atoms with Gasteiger partial charge in [0.2, 0.25) is 0 Å². The molecule has 0 saturated heterocycles. The zero-order valence-electron chi connectivity index (χ0n) is 53.2. The third-order valence-electron chi connectivity index (χ3n) is 16.1. The van der Waals surface area contributed by atoms with E-state index in [0.717, 1.165) is 64.2 Å². The van der Waals surface area contributed by atoms with E-state index in [9.17, 15) is 14.7 Å². The van der Waals surface area contributed by atoms with Crippen molar-refractivity contribution < 1.29 is 24.2 Å². The lowest BCUT2D eigenvalue weighted by molar-refractivity contribution is -0.161. The van der Waals surface area contributed by atoms with E-state index < -0.39 is 6.10 Å². The number of aliphatic hydroxyl groups is 1. The fourth-order valence-corrected chi connectivity index (χ4v) is 10.8. The maximum absolute atomic E-state index is 12.4. The molecule has 0 bridgehead atoms. The second-order valence-corrected chi connectivity index (χ2v) is 23.9. The van der Waals surface area contributed by atoms with Gasteiger partial charge in [-0.3, -0.25) is 9.59 Å². The predicted molar refractivity (Wildman–Crippen MR) is 348 cm³/mol. The lowest BCUT2D eigenvalue weighted by atomic mass is 10.0. The number of unbranched alkanes of at least 4 members (excludes halogenated alkanes) is 48. The molecule has 0 rings (SSSR count). The van der Waals surface area contributed by atoms with E-state index >= 15 is 0 Å². The predicted octanol–water partition coefficient (Wildman–Crippen LogP) is 24.5. The molecule has 1 N–H and O–H groups in total. The molecule has 0 fully saturated rings. The van der Waals surface area contributed by atoms with Gasteiger partial charge in [0.25, 0.3) is 0 Å². The molecule has 0 aromatic heterocycles. The van der Waals surface area contributed by atoms with E-state index in [0.29, 0.717) is 12.8 Å². The smallest absolute Gasteiger partial charge is 0.306 e. The highest BCUT2D eigenvalue weighted by atomic mass is 16.6. The SMILES string of the molecule is CC/C=C\C/C=C\C/C=C\C/C=C\C/C=C\CCCCCCCCCCCCCCCCCCCC(=O)OC(CO)COC(=O)CCCCCCCCCCCCCCCCCCCCCCCCCCCCCCCCCC. The van der Waals surface area contributed by atoms with Crippen molar-refractivity contribution in [3.8, 4) is 0 Å². The lowest BCUT2D eigenvalue weighted by Crippen LogP contribution is -2.28. The van der Waals surface area contributed by atoms with E-state index in [2.05, 4.69) is 74.6 Å². The van der Waals surface area contributed by atoms with Crippen LogP contribution in [0.3, 0.4) is 0 Å². The fourth-order valence-electron chi connectivity index (χ4n) is 10.8. The number of aliphatic hydroxyl groups excluding tert-OH is 1. The van der Waals surface area contributed by atoms with Gasteiger partial charge < -0.3 is 14.6 Å². The summed E-state index contributed by atoms with van der Waals surface area (Å²) >= 11 is 0. The maximum atomic E-state index is 12.4. The van der Waals surface area contributed by atoms with Crippen LogP contribution < -0.4 is 0 Å². The molecule has 0 aliphatic rings. The van der Waals surface area contributed by atoms with Gasteiger partial charge in [0.15, 0.2) is 6.10 Å². The van der Waals surface area contributed by atoms with Crippen LogP contribution in [0, 0.1) is 0 Å². The average Bonchev–Trinajstić information content (AvgIpc) is 3.45. The van der Waals surface area contributed by atoms with Crippen LogP contribution in [-0.2, 0) is 19.1 Å². The first-order valence-corrected chi connectivity index (χ1v) is 35.3. The van der Waals surface area contributed by atoms with Gasteiger partial charge in [0.05, 0.1) is 6.61 Å². The first-order chi connectivity index (χ1) is 39.1. The molecule has 79 heavy (non-hydrogen) atoms. The van der Waals surface area contributed by atoms with Gasteiger partial charge in [-0.15, -0.1) is 0 Å². The van der Waals surface area contributed by atoms with Gasteiger partial charge in [0, 0.05) is 12.8 Å². The first kappa shape index (κ1) is 76.6. The summed E-state index contributed by atoms with van der Waals surface area (Å²) in [5, 5.41) is 9.71. The Morgan fingerprint density at radius 1 is 0.304 bits per heavy atom. The van der Waals surface area contributed by atoms with Gasteiger partial charge in [-0.05, 0) is 57.8 Å². The van der Waals surface area contributed by atoms with Crippen molar-refractivity contribution in [2.75, 3.05) is 13.2 Å². The molecular formula is C74H136O5. The summed E-state index contributed by atoms with van der Waals surface area (Å²) in [6, 6.07) is 0. The second kappa shape index (κ2) is 69.9. The van der Waals surface area contributed by atoms with E-state index in [-0.39, 0.29) is 25.2 Å². The molecule has 0 saturated carbocycles. The van der Waals surface area contributed by atoms with Crippen molar-refractivity contribution in [2.45, 2.75) is 386 Å². The first-order valence-electron chi connectivity index (χ1n) is 35.3. The minimum Gasteiger partial charge on any atom is -0.462 e. The molecule has 0 radical (unpaired) electrons. The minimum absolute atomic E-state index is 0.0609. The number of carbonyl (C=O) groups is 2. The third-order valence-corrected chi connectivity index (χ3v) is 16.1. The minimum atomic E-state index is -0.772. The van der Waals surface area contributed by atoms with Crippen LogP contribution in [0.5, 0.6) is 0 Å². The molecular weight excluding hydrogens is 969 g/mol. The Morgan fingerprint density at radius 3 is 0.823 bits per heavy atom. The van der Waals surface area contributed by atoms with E-state index in [1.54, 1.807) is 0 Å². The van der Waals surface area contributed by atoms with Gasteiger partial charge in [0.1, 0.15) is 6.61 Å². The second-order valence-electron chi connectivity index (χ2n) is 23.9. The van der Waals surface area contributed by atoms with Crippen LogP contribution in [0.2, 0.25) is 0 Å². The summed E-state index contributed by atoms with van der Waals surface area (Å²) in [4.78, 5) is 24.7. The van der Waals surface area contributed by atoms with Gasteiger partial charge >= 0.3 is 11.9 Å². The van der Waals surface area contributed by atoms with Gasteiger partial charge in [-0.2, -0.15) is 0 Å². The topological polar surface area (TPSA) is 72.8 Å². The molecule has 5 nitrogen and oxygen atoms in total. The Bertz CT molecular complexity index is 1340. The molecule has 0 aliphatic heterocycles. The molecule has 5 heteroatoms. The van der Waals surface area contributed by atoms with E-state index in [4.69, 9.17) is 9.47 Å². The number of esters is 2. The maximum Gasteiger partial charge on any atom is 0.306 e. The van der Waals surface area contributed by atoms with Crippen molar-refractivity contribution in [1.29, 1.82) is 0 Å². The largest absolute Gasteiger partial charge is 0.462 e. The number of allylic oxidation sites excluding steroid dienone is 10. The number of rotatable bonds is 66. The Morgan fingerprint density at radius 2 is 0.544 bits per heavy atom. The molecule has 462 valence electrons. The van der Waals surface area contributed by atoms with E-state index in [1.807, 2.05) is 0 Å². The normalized spacial score (nSPS) is 12.5. The molecule has 0 aromatic carbocycles. The zero-order chi connectivity index (χ0) is 56.9. The monoisotopic (exact) mass is 1110 g/mol. The molecule has 0 aliphatic carbocycles. The highest BCUT2D eigenvalue weighted by Crippen LogP contribution is 2.19. The number of ether oxygens (including phenoxy) is 2. The van der Waals surface area contributed by atoms with Crippen LogP contribution in [0.25, 0.3) is 0 Å². The molecule has 0 aromatic rings. The quantitative estimate of drug-likeness (QED) is 0.0373. The highest BCUT2D eigenvalue weighted by molar-refractivity contribution is 5.70. The van der Waals surface area contributed by atoms with Gasteiger partial charge in [-0.25, -0.2) is 0 Å². The van der Waals surface area contributed by atoms with Crippen molar-refractivity contribution >= 4 is 11.9 Å². The zero-order valence-corrected chi connectivity index (χ0v) is 53.2. The summed E-state index contributed by atoms with van der Waals surface area (Å²) < 4.78 is 10.8. The van der Waals surface area contributed by atoms with Gasteiger partial charge in [-0.1, -0.05) is 370 Å². The fraction of sp³-hybridized carbons (Fsp3) is 0.838. The van der Waals surface area contributed by atoms with Crippen molar-refractivity contribution in [2.24, 2.45) is 0 Å². The molecule has 0 heterocycles. The van der Waals surface area contributed by atoms with Crippen LogP contribution in [-0.4, -0.2) is 36.4 Å². The summed E-state index contributed by atoms with van der Waals surface area (Å²) in [6.45, 7) is 4.09. The van der Waals surface area contributed by atoms with Crippen LogP contribution in [0.15, 0.2) is 60.8 Å². The average molecular weight is 1110 g/mol. The summed E-state index contributed by atoms with van der Waals surface area (Å²) in [6.07, 6.45) is 95.5. The Kier molecular flexibility index (Phi) is 67.7. The molecule has 1 atom stereocenters. The molecule has 0 spiro atoms. The summed E-state index contributed by atoms with van der Waals surface area (Å²) in [5.74, 6) is -0.569.